The van der Waals surface area contributed by atoms with E-state index in [0.29, 0.717) is 5.02 Å². The normalized spacial score (nSPS) is 26.4. The van der Waals surface area contributed by atoms with Crippen molar-refractivity contribution in [1.82, 2.24) is 0 Å². The summed E-state index contributed by atoms with van der Waals surface area (Å²) in [7, 11) is 0. The summed E-state index contributed by atoms with van der Waals surface area (Å²) in [6.07, 6.45) is 0.232. The van der Waals surface area contributed by atoms with Crippen molar-refractivity contribution >= 4 is 11.6 Å². The Morgan fingerprint density at radius 1 is 1.32 bits per heavy atom. The maximum Gasteiger partial charge on any atom is 0.0860 e. The van der Waals surface area contributed by atoms with Crippen LogP contribution < -0.4 is 0 Å². The first-order valence-electron chi connectivity index (χ1n) is 6.77. The molecular formula is C16H23ClO2. The Hall–Kier alpha value is -0.570. The van der Waals surface area contributed by atoms with Crippen LogP contribution in [0.4, 0.5) is 0 Å². The van der Waals surface area contributed by atoms with Crippen molar-refractivity contribution in [3.05, 3.63) is 34.3 Å². The fraction of sp³-hybridized carbons (Fsp3) is 0.625. The van der Waals surface area contributed by atoms with Gasteiger partial charge in [-0.2, -0.15) is 0 Å². The van der Waals surface area contributed by atoms with Gasteiger partial charge >= 0.3 is 0 Å². The number of rotatable bonds is 2. The quantitative estimate of drug-likeness (QED) is 0.877. The van der Waals surface area contributed by atoms with E-state index in [0.717, 1.165) is 17.5 Å². The van der Waals surface area contributed by atoms with Crippen molar-refractivity contribution in [3.63, 3.8) is 0 Å². The number of aliphatic hydroxyl groups is 1. The average Bonchev–Trinajstić information content (AvgIpc) is 2.45. The molecule has 2 rings (SSSR count). The van der Waals surface area contributed by atoms with Crippen LogP contribution in [0.2, 0.25) is 5.02 Å². The van der Waals surface area contributed by atoms with Crippen molar-refractivity contribution in [2.45, 2.75) is 58.3 Å². The highest BCUT2D eigenvalue weighted by Gasteiger charge is 2.49. The Morgan fingerprint density at radius 3 is 2.42 bits per heavy atom. The van der Waals surface area contributed by atoms with Gasteiger partial charge in [0, 0.05) is 10.9 Å². The van der Waals surface area contributed by atoms with E-state index in [1.807, 2.05) is 39.0 Å². The molecule has 2 unspecified atom stereocenters. The second kappa shape index (κ2) is 4.76. The van der Waals surface area contributed by atoms with Gasteiger partial charge in [-0.15, -0.1) is 0 Å². The zero-order valence-corrected chi connectivity index (χ0v) is 13.1. The first kappa shape index (κ1) is 14.8. The van der Waals surface area contributed by atoms with Gasteiger partial charge < -0.3 is 9.84 Å². The summed E-state index contributed by atoms with van der Waals surface area (Å²) in [5, 5.41) is 11.3. The first-order chi connectivity index (χ1) is 8.62. The van der Waals surface area contributed by atoms with E-state index >= 15 is 0 Å². The highest BCUT2D eigenvalue weighted by Crippen LogP contribution is 2.48. The SMILES string of the molecule is Cc1ccc(C(O)C2CC(C)(C)OC2(C)C)c(Cl)c1. The van der Waals surface area contributed by atoms with Gasteiger partial charge in [0.05, 0.1) is 17.3 Å². The average molecular weight is 283 g/mol. The van der Waals surface area contributed by atoms with E-state index in [1.165, 1.54) is 0 Å². The van der Waals surface area contributed by atoms with Gasteiger partial charge in [0.25, 0.3) is 0 Å². The molecule has 0 aromatic heterocycles. The third kappa shape index (κ3) is 2.96. The predicted molar refractivity (Wildman–Crippen MR) is 78.5 cm³/mol. The third-order valence-electron chi connectivity index (χ3n) is 4.00. The van der Waals surface area contributed by atoms with Crippen molar-refractivity contribution in [2.24, 2.45) is 5.92 Å². The lowest BCUT2D eigenvalue weighted by Gasteiger charge is -2.30. The molecule has 3 heteroatoms. The molecule has 1 saturated heterocycles. The van der Waals surface area contributed by atoms with Crippen molar-refractivity contribution < 1.29 is 9.84 Å². The lowest BCUT2D eigenvalue weighted by atomic mass is 9.80. The highest BCUT2D eigenvalue weighted by atomic mass is 35.5. The molecule has 0 amide bonds. The maximum absolute atomic E-state index is 10.7. The monoisotopic (exact) mass is 282 g/mol. The van der Waals surface area contributed by atoms with Crippen LogP contribution in [0.1, 0.15) is 51.3 Å². The van der Waals surface area contributed by atoms with Crippen LogP contribution in [0.15, 0.2) is 18.2 Å². The zero-order chi connectivity index (χ0) is 14.4. The minimum Gasteiger partial charge on any atom is -0.388 e. The summed E-state index contributed by atoms with van der Waals surface area (Å²) in [6.45, 7) is 10.2. The molecular weight excluding hydrogens is 260 g/mol. The van der Waals surface area contributed by atoms with E-state index < -0.39 is 6.10 Å². The highest BCUT2D eigenvalue weighted by molar-refractivity contribution is 6.31. The topological polar surface area (TPSA) is 29.5 Å². The molecule has 1 aliphatic heterocycles. The van der Waals surface area contributed by atoms with Gasteiger partial charge in [0.1, 0.15) is 0 Å². The number of aryl methyl sites for hydroxylation is 1. The molecule has 1 N–H and O–H groups in total. The Morgan fingerprint density at radius 2 is 1.95 bits per heavy atom. The smallest absolute Gasteiger partial charge is 0.0860 e. The molecule has 1 aliphatic rings. The zero-order valence-electron chi connectivity index (χ0n) is 12.3. The van der Waals surface area contributed by atoms with E-state index in [9.17, 15) is 5.11 Å². The summed E-state index contributed by atoms with van der Waals surface area (Å²) in [6, 6.07) is 5.80. The molecule has 1 fully saturated rings. The van der Waals surface area contributed by atoms with Crippen molar-refractivity contribution in [3.8, 4) is 0 Å². The molecule has 19 heavy (non-hydrogen) atoms. The molecule has 0 aliphatic carbocycles. The minimum atomic E-state index is -0.593. The Labute approximate surface area is 120 Å². The first-order valence-corrected chi connectivity index (χ1v) is 7.14. The van der Waals surface area contributed by atoms with Crippen LogP contribution >= 0.6 is 11.6 Å². The summed E-state index contributed by atoms with van der Waals surface area (Å²) < 4.78 is 6.05. The van der Waals surface area contributed by atoms with Gasteiger partial charge in [0.2, 0.25) is 0 Å². The van der Waals surface area contributed by atoms with Gasteiger partial charge in [-0.1, -0.05) is 23.7 Å². The van der Waals surface area contributed by atoms with Crippen LogP contribution in [-0.2, 0) is 4.74 Å². The lowest BCUT2D eigenvalue weighted by Crippen LogP contribution is -2.32. The number of aliphatic hydroxyl groups excluding tert-OH is 1. The van der Waals surface area contributed by atoms with Crippen molar-refractivity contribution in [2.75, 3.05) is 0 Å². The summed E-state index contributed by atoms with van der Waals surface area (Å²) in [5.41, 5.74) is 1.35. The molecule has 0 bridgehead atoms. The van der Waals surface area contributed by atoms with E-state index in [2.05, 4.69) is 13.8 Å². The van der Waals surface area contributed by atoms with Gasteiger partial charge in [-0.3, -0.25) is 0 Å². The Balaban J connectivity index is 2.31. The number of hydrogen-bond acceptors (Lipinski definition) is 2. The van der Waals surface area contributed by atoms with Crippen LogP contribution in [0, 0.1) is 12.8 Å². The van der Waals surface area contributed by atoms with Crippen LogP contribution in [0.3, 0.4) is 0 Å². The standard InChI is InChI=1S/C16H23ClO2/c1-10-6-7-11(13(17)8-10)14(18)12-9-15(2,3)19-16(12,4)5/h6-8,12,14,18H,9H2,1-5H3. The van der Waals surface area contributed by atoms with E-state index in [4.69, 9.17) is 16.3 Å². The molecule has 1 aromatic rings. The molecule has 2 atom stereocenters. The number of halogens is 1. The second-order valence-corrected chi connectivity index (χ2v) is 7.15. The van der Waals surface area contributed by atoms with E-state index in [-0.39, 0.29) is 17.1 Å². The molecule has 106 valence electrons. The summed E-state index contributed by atoms with van der Waals surface area (Å²) >= 11 is 6.27. The summed E-state index contributed by atoms with van der Waals surface area (Å²) in [5.74, 6) is 0.0442. The summed E-state index contributed by atoms with van der Waals surface area (Å²) in [4.78, 5) is 0. The number of hydrogen-bond donors (Lipinski definition) is 1. The minimum absolute atomic E-state index is 0.0442. The van der Waals surface area contributed by atoms with Gasteiger partial charge in [-0.25, -0.2) is 0 Å². The van der Waals surface area contributed by atoms with Crippen molar-refractivity contribution in [1.29, 1.82) is 0 Å². The molecule has 1 heterocycles. The molecule has 0 spiro atoms. The van der Waals surface area contributed by atoms with Crippen LogP contribution in [0.5, 0.6) is 0 Å². The van der Waals surface area contributed by atoms with Gasteiger partial charge in [-0.05, 0) is 58.2 Å². The fourth-order valence-corrected chi connectivity index (χ4v) is 3.53. The largest absolute Gasteiger partial charge is 0.388 e. The number of ether oxygens (including phenoxy) is 1. The Kier molecular flexibility index (Phi) is 3.72. The lowest BCUT2D eigenvalue weighted by molar-refractivity contribution is -0.0880. The Bertz CT molecular complexity index is 480. The maximum atomic E-state index is 10.7. The van der Waals surface area contributed by atoms with Crippen LogP contribution in [0.25, 0.3) is 0 Å². The third-order valence-corrected chi connectivity index (χ3v) is 4.33. The number of benzene rings is 1. The second-order valence-electron chi connectivity index (χ2n) is 6.75. The molecule has 1 aromatic carbocycles. The predicted octanol–water partition coefficient (Wildman–Crippen LogP) is 4.28. The molecule has 0 radical (unpaired) electrons. The van der Waals surface area contributed by atoms with Gasteiger partial charge in [0.15, 0.2) is 0 Å². The fourth-order valence-electron chi connectivity index (χ4n) is 3.19. The molecule has 0 saturated carbocycles. The van der Waals surface area contributed by atoms with E-state index in [1.54, 1.807) is 0 Å². The molecule has 2 nitrogen and oxygen atoms in total. The van der Waals surface area contributed by atoms with Crippen LogP contribution in [-0.4, -0.2) is 16.3 Å².